The fourth-order valence-corrected chi connectivity index (χ4v) is 2.62. The second-order valence-corrected chi connectivity index (χ2v) is 6.85. The van der Waals surface area contributed by atoms with Gasteiger partial charge < -0.3 is 10.2 Å². The van der Waals surface area contributed by atoms with Crippen molar-refractivity contribution in [2.24, 2.45) is 5.92 Å². The summed E-state index contributed by atoms with van der Waals surface area (Å²) in [7, 11) is 4.29. The van der Waals surface area contributed by atoms with Crippen molar-refractivity contribution in [3.63, 3.8) is 0 Å². The molecule has 2 heteroatoms. The van der Waals surface area contributed by atoms with Crippen molar-refractivity contribution in [2.75, 3.05) is 20.6 Å². The standard InChI is InChI=1S/C19H34N2/c1-7-8-9-17-10-12-18(13-11-17)16(4)20-19(15(2)3)14-21(5)6/h10-13,15-16,19-20H,7-9,14H2,1-6H3. The van der Waals surface area contributed by atoms with Crippen molar-refractivity contribution in [3.8, 4) is 0 Å². The van der Waals surface area contributed by atoms with Gasteiger partial charge in [-0.1, -0.05) is 51.5 Å². The van der Waals surface area contributed by atoms with E-state index in [-0.39, 0.29) is 0 Å². The average molecular weight is 290 g/mol. The zero-order chi connectivity index (χ0) is 15.8. The summed E-state index contributed by atoms with van der Waals surface area (Å²) in [4.78, 5) is 2.26. The van der Waals surface area contributed by atoms with Gasteiger partial charge >= 0.3 is 0 Å². The number of rotatable bonds is 9. The summed E-state index contributed by atoms with van der Waals surface area (Å²) in [6.45, 7) is 10.2. The second kappa shape index (κ2) is 9.22. The van der Waals surface area contributed by atoms with Crippen molar-refractivity contribution in [1.29, 1.82) is 0 Å². The molecule has 0 amide bonds. The first-order valence-corrected chi connectivity index (χ1v) is 8.43. The Morgan fingerprint density at radius 2 is 1.67 bits per heavy atom. The molecule has 0 radical (unpaired) electrons. The highest BCUT2D eigenvalue weighted by atomic mass is 15.1. The fourth-order valence-electron chi connectivity index (χ4n) is 2.62. The highest BCUT2D eigenvalue weighted by Crippen LogP contribution is 2.17. The molecule has 0 aliphatic rings. The van der Waals surface area contributed by atoms with Gasteiger partial charge in [-0.25, -0.2) is 0 Å². The van der Waals surface area contributed by atoms with Gasteiger partial charge in [0.15, 0.2) is 0 Å². The van der Waals surface area contributed by atoms with Crippen LogP contribution in [0.1, 0.15) is 57.7 Å². The highest BCUT2D eigenvalue weighted by Gasteiger charge is 2.17. The number of likely N-dealkylation sites (N-methyl/N-ethyl adjacent to an activating group) is 1. The molecular formula is C19H34N2. The van der Waals surface area contributed by atoms with Crippen LogP contribution in [0.15, 0.2) is 24.3 Å². The quantitative estimate of drug-likeness (QED) is 0.731. The number of nitrogens with one attached hydrogen (secondary N) is 1. The number of nitrogens with zero attached hydrogens (tertiary/aromatic N) is 1. The third kappa shape index (κ3) is 6.62. The van der Waals surface area contributed by atoms with Gasteiger partial charge in [0.1, 0.15) is 0 Å². The first-order valence-electron chi connectivity index (χ1n) is 8.43. The predicted molar refractivity (Wildman–Crippen MR) is 93.8 cm³/mol. The lowest BCUT2D eigenvalue weighted by Gasteiger charge is -2.29. The Morgan fingerprint density at radius 1 is 1.05 bits per heavy atom. The van der Waals surface area contributed by atoms with Gasteiger partial charge in [-0.15, -0.1) is 0 Å². The van der Waals surface area contributed by atoms with Crippen molar-refractivity contribution in [3.05, 3.63) is 35.4 Å². The molecule has 0 fully saturated rings. The van der Waals surface area contributed by atoms with Gasteiger partial charge in [0, 0.05) is 18.6 Å². The van der Waals surface area contributed by atoms with E-state index in [0.29, 0.717) is 18.0 Å². The smallest absolute Gasteiger partial charge is 0.0294 e. The van der Waals surface area contributed by atoms with Crippen LogP contribution in [0, 0.1) is 5.92 Å². The van der Waals surface area contributed by atoms with E-state index < -0.39 is 0 Å². The van der Waals surface area contributed by atoms with E-state index >= 15 is 0 Å². The molecule has 1 aromatic rings. The monoisotopic (exact) mass is 290 g/mol. The van der Waals surface area contributed by atoms with Gasteiger partial charge in [-0.05, 0) is 50.9 Å². The van der Waals surface area contributed by atoms with Gasteiger partial charge in [0.05, 0.1) is 0 Å². The molecule has 2 unspecified atom stereocenters. The minimum absolute atomic E-state index is 0.401. The number of aryl methyl sites for hydroxylation is 1. The molecule has 0 saturated carbocycles. The molecule has 1 rings (SSSR count). The lowest BCUT2D eigenvalue weighted by molar-refractivity contribution is 0.273. The van der Waals surface area contributed by atoms with Crippen molar-refractivity contribution < 1.29 is 0 Å². The Hall–Kier alpha value is -0.860. The molecule has 120 valence electrons. The molecular weight excluding hydrogens is 256 g/mol. The normalized spacial score (nSPS) is 14.7. The summed E-state index contributed by atoms with van der Waals surface area (Å²) in [5.41, 5.74) is 2.85. The molecule has 21 heavy (non-hydrogen) atoms. The predicted octanol–water partition coefficient (Wildman–Crippen LogP) is 4.27. The van der Waals surface area contributed by atoms with Gasteiger partial charge in [0.2, 0.25) is 0 Å². The Kier molecular flexibility index (Phi) is 7.98. The molecule has 0 aliphatic carbocycles. The van der Waals surface area contributed by atoms with E-state index in [1.807, 2.05) is 0 Å². The van der Waals surface area contributed by atoms with E-state index in [4.69, 9.17) is 0 Å². The van der Waals surface area contributed by atoms with Crippen LogP contribution in [-0.2, 0) is 6.42 Å². The van der Waals surface area contributed by atoms with Crippen LogP contribution in [0.5, 0.6) is 0 Å². The van der Waals surface area contributed by atoms with Gasteiger partial charge in [-0.3, -0.25) is 0 Å². The summed E-state index contributed by atoms with van der Waals surface area (Å²) < 4.78 is 0. The van der Waals surface area contributed by atoms with E-state index in [0.717, 1.165) is 6.54 Å². The fraction of sp³-hybridized carbons (Fsp3) is 0.684. The van der Waals surface area contributed by atoms with Crippen molar-refractivity contribution in [2.45, 2.75) is 59.0 Å². The molecule has 0 heterocycles. The van der Waals surface area contributed by atoms with Crippen LogP contribution in [0.25, 0.3) is 0 Å². The Morgan fingerprint density at radius 3 is 2.14 bits per heavy atom. The summed E-state index contributed by atoms with van der Waals surface area (Å²) in [6.07, 6.45) is 3.75. The van der Waals surface area contributed by atoms with Crippen LogP contribution < -0.4 is 5.32 Å². The highest BCUT2D eigenvalue weighted by molar-refractivity contribution is 5.25. The zero-order valence-corrected chi connectivity index (χ0v) is 14.8. The second-order valence-electron chi connectivity index (χ2n) is 6.85. The van der Waals surface area contributed by atoms with Crippen LogP contribution >= 0.6 is 0 Å². The first-order chi connectivity index (χ1) is 9.93. The maximum atomic E-state index is 3.78. The van der Waals surface area contributed by atoms with Crippen molar-refractivity contribution in [1.82, 2.24) is 10.2 Å². The Balaban J connectivity index is 2.62. The maximum Gasteiger partial charge on any atom is 0.0294 e. The summed E-state index contributed by atoms with van der Waals surface area (Å²) in [6, 6.07) is 10.1. The van der Waals surface area contributed by atoms with Crippen molar-refractivity contribution >= 4 is 0 Å². The first kappa shape index (κ1) is 18.2. The van der Waals surface area contributed by atoms with Gasteiger partial charge in [0.25, 0.3) is 0 Å². The Bertz CT molecular complexity index is 381. The largest absolute Gasteiger partial charge is 0.308 e. The average Bonchev–Trinajstić information content (AvgIpc) is 2.44. The molecule has 0 saturated heterocycles. The molecule has 0 bridgehead atoms. The minimum atomic E-state index is 0.401. The molecule has 0 aromatic heterocycles. The van der Waals surface area contributed by atoms with Crippen LogP contribution in [0.2, 0.25) is 0 Å². The SMILES string of the molecule is CCCCc1ccc(C(C)NC(CN(C)C)C(C)C)cc1. The summed E-state index contributed by atoms with van der Waals surface area (Å²) in [5, 5.41) is 3.78. The van der Waals surface area contributed by atoms with E-state index in [1.165, 1.54) is 30.4 Å². The number of hydrogen-bond donors (Lipinski definition) is 1. The number of benzene rings is 1. The van der Waals surface area contributed by atoms with Crippen LogP contribution in [0.3, 0.4) is 0 Å². The third-order valence-corrected chi connectivity index (χ3v) is 4.13. The van der Waals surface area contributed by atoms with Crippen LogP contribution in [0.4, 0.5) is 0 Å². The van der Waals surface area contributed by atoms with E-state index in [2.05, 4.69) is 76.3 Å². The lowest BCUT2D eigenvalue weighted by Crippen LogP contribution is -2.43. The van der Waals surface area contributed by atoms with E-state index in [1.54, 1.807) is 0 Å². The minimum Gasteiger partial charge on any atom is -0.308 e. The summed E-state index contributed by atoms with van der Waals surface area (Å²) >= 11 is 0. The third-order valence-electron chi connectivity index (χ3n) is 4.13. The molecule has 0 aliphatic heterocycles. The van der Waals surface area contributed by atoms with Crippen LogP contribution in [-0.4, -0.2) is 31.6 Å². The Labute approximate surface area is 131 Å². The number of hydrogen-bond acceptors (Lipinski definition) is 2. The lowest BCUT2D eigenvalue weighted by atomic mass is 9.99. The summed E-state index contributed by atoms with van der Waals surface area (Å²) in [5.74, 6) is 0.638. The van der Waals surface area contributed by atoms with E-state index in [9.17, 15) is 0 Å². The maximum absolute atomic E-state index is 3.78. The van der Waals surface area contributed by atoms with Gasteiger partial charge in [-0.2, -0.15) is 0 Å². The zero-order valence-electron chi connectivity index (χ0n) is 14.8. The molecule has 2 atom stereocenters. The molecule has 1 N–H and O–H groups in total. The topological polar surface area (TPSA) is 15.3 Å². The molecule has 0 spiro atoms. The molecule has 2 nitrogen and oxygen atoms in total. The molecule has 1 aromatic carbocycles. The number of unbranched alkanes of at least 4 members (excludes halogenated alkanes) is 1.